The molecule has 0 aromatic heterocycles. The number of aliphatic hydroxyl groups is 1. The molecule has 0 amide bonds. The average Bonchev–Trinajstić information content (AvgIpc) is 2.77. The summed E-state index contributed by atoms with van der Waals surface area (Å²) in [5, 5.41) is 11.8. The van der Waals surface area contributed by atoms with Crippen LogP contribution in [0.1, 0.15) is 61.6 Å². The minimum atomic E-state index is -0.584. The van der Waals surface area contributed by atoms with Crippen molar-refractivity contribution in [2.24, 2.45) is 0 Å². The standard InChI is InChI=1S/C26H36N2O/c1-27-17-19-28(20-18-27)25(23-13-7-3-8-14-23)21-24(22-11-5-2-6-12-22)26(29)15-9-4-10-16-26/h2-3,5-8,11-14,24-25,29H,4,9-10,15-21H2,1H3. The first-order valence-corrected chi connectivity index (χ1v) is 11.4. The highest BCUT2D eigenvalue weighted by Crippen LogP contribution is 2.45. The van der Waals surface area contributed by atoms with Gasteiger partial charge in [0.1, 0.15) is 0 Å². The number of hydrogen-bond acceptors (Lipinski definition) is 3. The van der Waals surface area contributed by atoms with Crippen LogP contribution in [0.4, 0.5) is 0 Å². The van der Waals surface area contributed by atoms with Gasteiger partial charge in [-0.1, -0.05) is 79.9 Å². The third-order valence-corrected chi connectivity index (χ3v) is 7.19. The van der Waals surface area contributed by atoms with Gasteiger partial charge in [0.05, 0.1) is 5.60 Å². The van der Waals surface area contributed by atoms with Crippen LogP contribution >= 0.6 is 0 Å². The highest BCUT2D eigenvalue weighted by molar-refractivity contribution is 5.26. The van der Waals surface area contributed by atoms with Gasteiger partial charge in [0.2, 0.25) is 0 Å². The Kier molecular flexibility index (Phi) is 6.69. The van der Waals surface area contributed by atoms with Crippen LogP contribution in [0, 0.1) is 0 Å². The van der Waals surface area contributed by atoms with Crippen LogP contribution in [0.2, 0.25) is 0 Å². The predicted molar refractivity (Wildman–Crippen MR) is 120 cm³/mol. The maximum atomic E-state index is 11.8. The Bertz CT molecular complexity index is 734. The quantitative estimate of drug-likeness (QED) is 0.762. The van der Waals surface area contributed by atoms with E-state index in [4.69, 9.17) is 0 Å². The van der Waals surface area contributed by atoms with Gasteiger partial charge in [0, 0.05) is 38.1 Å². The first-order chi connectivity index (χ1) is 14.2. The summed E-state index contributed by atoms with van der Waals surface area (Å²) >= 11 is 0. The molecule has 0 spiro atoms. The molecule has 0 radical (unpaired) electrons. The summed E-state index contributed by atoms with van der Waals surface area (Å²) in [5.41, 5.74) is 2.10. The van der Waals surface area contributed by atoms with Crippen molar-refractivity contribution in [3.05, 3.63) is 71.8 Å². The summed E-state index contributed by atoms with van der Waals surface area (Å²) in [6, 6.07) is 22.1. The second kappa shape index (κ2) is 9.42. The Morgan fingerprint density at radius 2 is 1.34 bits per heavy atom. The van der Waals surface area contributed by atoms with E-state index in [0.29, 0.717) is 6.04 Å². The van der Waals surface area contributed by atoms with Crippen molar-refractivity contribution in [3.63, 3.8) is 0 Å². The second-order valence-electron chi connectivity index (χ2n) is 9.13. The van der Waals surface area contributed by atoms with E-state index >= 15 is 0 Å². The summed E-state index contributed by atoms with van der Waals surface area (Å²) in [5.74, 6) is 0.175. The first-order valence-electron chi connectivity index (χ1n) is 11.4. The number of hydrogen-bond donors (Lipinski definition) is 1. The highest BCUT2D eigenvalue weighted by Gasteiger charge is 2.41. The summed E-state index contributed by atoms with van der Waals surface area (Å²) < 4.78 is 0. The fraction of sp³-hybridized carbons (Fsp3) is 0.538. The second-order valence-corrected chi connectivity index (χ2v) is 9.13. The fourth-order valence-electron chi connectivity index (χ4n) is 5.39. The molecule has 1 aliphatic carbocycles. The molecule has 4 rings (SSSR count). The molecule has 1 saturated carbocycles. The zero-order chi connectivity index (χ0) is 20.1. The lowest BCUT2D eigenvalue weighted by atomic mass is 9.70. The van der Waals surface area contributed by atoms with Crippen LogP contribution < -0.4 is 0 Å². The summed E-state index contributed by atoms with van der Waals surface area (Å²) in [6.45, 7) is 4.42. The van der Waals surface area contributed by atoms with E-state index in [1.165, 1.54) is 17.5 Å². The molecule has 2 unspecified atom stereocenters. The SMILES string of the molecule is CN1CCN(C(CC(c2ccccc2)C2(O)CCCCC2)c2ccccc2)CC1. The molecule has 29 heavy (non-hydrogen) atoms. The van der Waals surface area contributed by atoms with E-state index in [2.05, 4.69) is 77.5 Å². The molecule has 2 fully saturated rings. The number of rotatable bonds is 6. The van der Waals surface area contributed by atoms with Crippen molar-refractivity contribution in [2.75, 3.05) is 33.2 Å². The van der Waals surface area contributed by atoms with Gasteiger partial charge in [-0.15, -0.1) is 0 Å². The number of benzene rings is 2. The van der Waals surface area contributed by atoms with Crippen molar-refractivity contribution in [1.29, 1.82) is 0 Å². The lowest BCUT2D eigenvalue weighted by molar-refractivity contribution is -0.0334. The minimum absolute atomic E-state index is 0.175. The Morgan fingerprint density at radius 1 is 0.793 bits per heavy atom. The van der Waals surface area contributed by atoms with Crippen LogP contribution in [-0.4, -0.2) is 53.7 Å². The predicted octanol–water partition coefficient (Wildman–Crippen LogP) is 4.84. The van der Waals surface area contributed by atoms with E-state index in [-0.39, 0.29) is 5.92 Å². The third-order valence-electron chi connectivity index (χ3n) is 7.19. The maximum absolute atomic E-state index is 11.8. The van der Waals surface area contributed by atoms with E-state index in [1.54, 1.807) is 0 Å². The molecule has 2 aromatic rings. The lowest BCUT2D eigenvalue weighted by Crippen LogP contribution is -2.47. The van der Waals surface area contributed by atoms with Crippen LogP contribution in [-0.2, 0) is 0 Å². The van der Waals surface area contributed by atoms with Gasteiger partial charge in [0.15, 0.2) is 0 Å². The van der Waals surface area contributed by atoms with E-state index < -0.39 is 5.60 Å². The smallest absolute Gasteiger partial charge is 0.0716 e. The monoisotopic (exact) mass is 392 g/mol. The fourth-order valence-corrected chi connectivity index (χ4v) is 5.39. The van der Waals surface area contributed by atoms with E-state index in [0.717, 1.165) is 58.3 Å². The van der Waals surface area contributed by atoms with Gasteiger partial charge in [0.25, 0.3) is 0 Å². The molecule has 2 aliphatic rings. The minimum Gasteiger partial charge on any atom is -0.389 e. The molecule has 3 heteroatoms. The molecule has 1 heterocycles. The highest BCUT2D eigenvalue weighted by atomic mass is 16.3. The molecular weight excluding hydrogens is 356 g/mol. The van der Waals surface area contributed by atoms with E-state index in [9.17, 15) is 5.11 Å². The molecule has 0 bridgehead atoms. The number of nitrogens with zero attached hydrogens (tertiary/aromatic N) is 2. The zero-order valence-electron chi connectivity index (χ0n) is 17.8. The largest absolute Gasteiger partial charge is 0.389 e. The van der Waals surface area contributed by atoms with Crippen molar-refractivity contribution in [1.82, 2.24) is 9.80 Å². The van der Waals surface area contributed by atoms with Gasteiger partial charge < -0.3 is 10.0 Å². The number of likely N-dealkylation sites (N-methyl/N-ethyl adjacent to an activating group) is 1. The Hall–Kier alpha value is -1.68. The molecule has 1 aliphatic heterocycles. The summed E-state index contributed by atoms with van der Waals surface area (Å²) in [7, 11) is 2.21. The zero-order valence-corrected chi connectivity index (χ0v) is 17.8. The third kappa shape index (κ3) is 4.91. The van der Waals surface area contributed by atoms with Crippen molar-refractivity contribution in [3.8, 4) is 0 Å². The Morgan fingerprint density at radius 3 is 1.93 bits per heavy atom. The molecular formula is C26H36N2O. The van der Waals surface area contributed by atoms with Gasteiger partial charge in [-0.3, -0.25) is 4.90 Å². The molecule has 156 valence electrons. The van der Waals surface area contributed by atoms with E-state index in [1.807, 2.05) is 0 Å². The molecule has 3 nitrogen and oxygen atoms in total. The van der Waals surface area contributed by atoms with Gasteiger partial charge in [-0.25, -0.2) is 0 Å². The normalized spacial score (nSPS) is 22.8. The van der Waals surface area contributed by atoms with Gasteiger partial charge in [-0.05, 0) is 37.4 Å². The average molecular weight is 393 g/mol. The van der Waals surface area contributed by atoms with Gasteiger partial charge >= 0.3 is 0 Å². The number of piperazine rings is 1. The lowest BCUT2D eigenvalue weighted by Gasteiger charge is -2.44. The van der Waals surface area contributed by atoms with Crippen molar-refractivity contribution < 1.29 is 5.11 Å². The molecule has 2 aromatic carbocycles. The molecule has 2 atom stereocenters. The summed E-state index contributed by atoms with van der Waals surface area (Å²) in [6.07, 6.45) is 6.38. The Labute approximate surface area is 176 Å². The summed E-state index contributed by atoms with van der Waals surface area (Å²) in [4.78, 5) is 5.07. The van der Waals surface area contributed by atoms with Crippen LogP contribution in [0.15, 0.2) is 60.7 Å². The Balaban J connectivity index is 1.66. The van der Waals surface area contributed by atoms with Crippen LogP contribution in [0.3, 0.4) is 0 Å². The maximum Gasteiger partial charge on any atom is 0.0716 e. The molecule has 1 N–H and O–H groups in total. The van der Waals surface area contributed by atoms with Crippen molar-refractivity contribution in [2.45, 2.75) is 56.1 Å². The van der Waals surface area contributed by atoms with Crippen molar-refractivity contribution >= 4 is 0 Å². The van der Waals surface area contributed by atoms with Gasteiger partial charge in [-0.2, -0.15) is 0 Å². The molecule has 1 saturated heterocycles. The first kappa shape index (κ1) is 20.6. The van der Waals surface area contributed by atoms with Crippen LogP contribution in [0.5, 0.6) is 0 Å². The van der Waals surface area contributed by atoms with Crippen LogP contribution in [0.25, 0.3) is 0 Å². The topological polar surface area (TPSA) is 26.7 Å².